The Balaban J connectivity index is 1.30. The van der Waals surface area contributed by atoms with Gasteiger partial charge < -0.3 is 19.9 Å². The average molecular weight is 531 g/mol. The maximum absolute atomic E-state index is 6.70. The average Bonchev–Trinajstić information content (AvgIpc) is 3.68. The number of rotatable bonds is 7. The summed E-state index contributed by atoms with van der Waals surface area (Å²) in [5.74, 6) is 2.45. The van der Waals surface area contributed by atoms with Crippen LogP contribution in [-0.4, -0.2) is 53.0 Å². The second-order valence-corrected chi connectivity index (χ2v) is 9.59. The summed E-state index contributed by atoms with van der Waals surface area (Å²) in [5, 5.41) is 16.3. The largest absolute Gasteiger partial charge is 0.423 e. The minimum Gasteiger partial charge on any atom is -0.423 e. The summed E-state index contributed by atoms with van der Waals surface area (Å²) in [6.07, 6.45) is 9.09. The van der Waals surface area contributed by atoms with Crippen LogP contribution >= 0.6 is 11.6 Å². The Labute approximate surface area is 223 Å². The predicted octanol–water partition coefficient (Wildman–Crippen LogP) is 5.64. The minimum atomic E-state index is 0.195. The van der Waals surface area contributed by atoms with Crippen LogP contribution in [0.1, 0.15) is 37.2 Å². The van der Waals surface area contributed by atoms with Crippen LogP contribution in [0.5, 0.6) is 11.8 Å². The smallest absolute Gasteiger partial charge is 0.325 e. The minimum absolute atomic E-state index is 0.195. The zero-order chi connectivity index (χ0) is 26.1. The van der Waals surface area contributed by atoms with Crippen molar-refractivity contribution in [3.05, 3.63) is 65.5 Å². The summed E-state index contributed by atoms with van der Waals surface area (Å²) in [4.78, 5) is 19.0. The van der Waals surface area contributed by atoms with Crippen molar-refractivity contribution in [2.75, 3.05) is 23.3 Å². The summed E-state index contributed by atoms with van der Waals surface area (Å²) >= 11 is 6.70. The van der Waals surface area contributed by atoms with Gasteiger partial charge in [0, 0.05) is 41.8 Å². The molecule has 11 nitrogen and oxygen atoms in total. The number of nitrogens with zero attached hydrogens (tertiary/aromatic N) is 7. The number of ether oxygens (including phenoxy) is 1. The van der Waals surface area contributed by atoms with Gasteiger partial charge in [-0.1, -0.05) is 17.7 Å². The predicted molar refractivity (Wildman–Crippen MR) is 147 cm³/mol. The molecular weight excluding hydrogens is 504 g/mol. The molecule has 0 aliphatic carbocycles. The maximum Gasteiger partial charge on any atom is 0.325 e. The van der Waals surface area contributed by atoms with E-state index in [0.29, 0.717) is 28.4 Å². The van der Waals surface area contributed by atoms with Crippen molar-refractivity contribution >= 4 is 46.0 Å². The van der Waals surface area contributed by atoms with Crippen LogP contribution in [-0.2, 0) is 0 Å². The van der Waals surface area contributed by atoms with Crippen LogP contribution in [0.4, 0.5) is 17.5 Å². The van der Waals surface area contributed by atoms with E-state index in [1.807, 2.05) is 61.0 Å². The summed E-state index contributed by atoms with van der Waals surface area (Å²) in [6.45, 7) is 5.56. The standard InChI is InChI=1S/C26H27ClN10O/c1-3-4-17-12-23(35-34-17)31-22-13-24(36-9-7-18(8-10-36)37-15-28-14-29-37)33-26(32-22)38-21-6-5-20-19(25(21)27)11-16(2)30-20/h3-6,11-15,18,30H,7-10H2,1-2H3,(H2,31,32,33,34,35)/b4-3+. The van der Waals surface area contributed by atoms with Gasteiger partial charge >= 0.3 is 6.01 Å². The highest BCUT2D eigenvalue weighted by molar-refractivity contribution is 6.37. The van der Waals surface area contributed by atoms with Crippen LogP contribution in [0.25, 0.3) is 17.0 Å². The molecule has 0 bridgehead atoms. The lowest BCUT2D eigenvalue weighted by Crippen LogP contribution is -2.35. The van der Waals surface area contributed by atoms with Gasteiger partial charge in [-0.2, -0.15) is 20.2 Å². The number of piperidine rings is 1. The molecule has 1 aliphatic heterocycles. The van der Waals surface area contributed by atoms with Gasteiger partial charge in [0.2, 0.25) is 0 Å². The van der Waals surface area contributed by atoms with E-state index in [1.54, 1.807) is 12.7 Å². The number of anilines is 3. The number of halogens is 1. The molecule has 1 aliphatic rings. The lowest BCUT2D eigenvalue weighted by atomic mass is 10.1. The molecule has 12 heteroatoms. The monoisotopic (exact) mass is 530 g/mol. The Kier molecular flexibility index (Phi) is 6.42. The first-order valence-electron chi connectivity index (χ1n) is 12.4. The molecule has 1 saturated heterocycles. The molecule has 1 aromatic carbocycles. The molecule has 5 aromatic rings. The second-order valence-electron chi connectivity index (χ2n) is 9.21. The van der Waals surface area contributed by atoms with Crippen molar-refractivity contribution < 1.29 is 4.74 Å². The summed E-state index contributed by atoms with van der Waals surface area (Å²) < 4.78 is 8.09. The highest BCUT2D eigenvalue weighted by Gasteiger charge is 2.23. The molecule has 4 aromatic heterocycles. The highest BCUT2D eigenvalue weighted by atomic mass is 35.5. The van der Waals surface area contributed by atoms with Crippen LogP contribution in [0.15, 0.2) is 49.1 Å². The van der Waals surface area contributed by atoms with Crippen LogP contribution in [0, 0.1) is 6.92 Å². The van der Waals surface area contributed by atoms with Crippen molar-refractivity contribution in [1.29, 1.82) is 0 Å². The van der Waals surface area contributed by atoms with Crippen molar-refractivity contribution in [2.45, 2.75) is 32.7 Å². The Morgan fingerprint density at radius 3 is 2.79 bits per heavy atom. The number of benzene rings is 1. The molecule has 38 heavy (non-hydrogen) atoms. The molecule has 3 N–H and O–H groups in total. The number of hydrogen-bond donors (Lipinski definition) is 3. The van der Waals surface area contributed by atoms with E-state index in [0.717, 1.165) is 54.0 Å². The number of hydrogen-bond acceptors (Lipinski definition) is 8. The van der Waals surface area contributed by atoms with Gasteiger partial charge in [0.25, 0.3) is 0 Å². The molecule has 0 atom stereocenters. The summed E-state index contributed by atoms with van der Waals surface area (Å²) in [6, 6.07) is 10.1. The van der Waals surface area contributed by atoms with Crippen LogP contribution in [0.2, 0.25) is 5.02 Å². The van der Waals surface area contributed by atoms with E-state index >= 15 is 0 Å². The van der Waals surface area contributed by atoms with E-state index in [-0.39, 0.29) is 6.01 Å². The maximum atomic E-state index is 6.70. The molecule has 0 amide bonds. The molecule has 194 valence electrons. The Bertz CT molecular complexity index is 1580. The molecule has 0 spiro atoms. The third-order valence-electron chi connectivity index (χ3n) is 6.53. The topological polar surface area (TPSA) is 125 Å². The number of aromatic amines is 2. The molecule has 5 heterocycles. The van der Waals surface area contributed by atoms with Gasteiger partial charge in [0.1, 0.15) is 30.0 Å². The first-order valence-corrected chi connectivity index (χ1v) is 12.8. The second kappa shape index (κ2) is 10.2. The molecule has 0 unspecified atom stereocenters. The molecule has 0 radical (unpaired) electrons. The Hall–Kier alpha value is -4.38. The normalized spacial score (nSPS) is 14.6. The van der Waals surface area contributed by atoms with Gasteiger partial charge in [-0.25, -0.2) is 9.67 Å². The third kappa shape index (κ3) is 4.92. The molecule has 0 saturated carbocycles. The van der Waals surface area contributed by atoms with E-state index in [9.17, 15) is 0 Å². The zero-order valence-electron chi connectivity index (χ0n) is 21.0. The molecule has 6 rings (SSSR count). The van der Waals surface area contributed by atoms with Gasteiger partial charge in [-0.15, -0.1) is 0 Å². The van der Waals surface area contributed by atoms with E-state index < -0.39 is 0 Å². The summed E-state index contributed by atoms with van der Waals surface area (Å²) in [7, 11) is 0. The summed E-state index contributed by atoms with van der Waals surface area (Å²) in [5.41, 5.74) is 2.86. The number of aromatic nitrogens is 8. The quantitative estimate of drug-likeness (QED) is 0.246. The Morgan fingerprint density at radius 1 is 1.13 bits per heavy atom. The van der Waals surface area contributed by atoms with E-state index in [1.165, 1.54) is 0 Å². The highest BCUT2D eigenvalue weighted by Crippen LogP contribution is 2.36. The first-order chi connectivity index (χ1) is 18.6. The number of nitrogens with one attached hydrogen (secondary N) is 3. The fourth-order valence-corrected chi connectivity index (χ4v) is 4.97. The first kappa shape index (κ1) is 24.0. The Morgan fingerprint density at radius 2 is 2.00 bits per heavy atom. The van der Waals surface area contributed by atoms with Crippen LogP contribution in [0.3, 0.4) is 0 Å². The number of aryl methyl sites for hydroxylation is 1. The number of allylic oxidation sites excluding steroid dienone is 1. The molecule has 1 fully saturated rings. The lowest BCUT2D eigenvalue weighted by Gasteiger charge is -2.32. The van der Waals surface area contributed by atoms with Gasteiger partial charge in [0.05, 0.1) is 16.8 Å². The SMILES string of the molecule is C/C=C/c1cc(Nc2cc(N3CCC(n4cncn4)CC3)nc(Oc3ccc4[nH]c(C)cc4c3Cl)n2)n[nH]1. The van der Waals surface area contributed by atoms with E-state index in [4.69, 9.17) is 21.3 Å². The lowest BCUT2D eigenvalue weighted by molar-refractivity contribution is 0.364. The van der Waals surface area contributed by atoms with Gasteiger partial charge in [-0.3, -0.25) is 5.10 Å². The van der Waals surface area contributed by atoms with Crippen molar-refractivity contribution in [2.24, 2.45) is 0 Å². The van der Waals surface area contributed by atoms with Crippen molar-refractivity contribution in [3.63, 3.8) is 0 Å². The fraction of sp³-hybridized carbons (Fsp3) is 0.269. The van der Waals surface area contributed by atoms with Gasteiger partial charge in [-0.05, 0) is 51.0 Å². The van der Waals surface area contributed by atoms with Crippen LogP contribution < -0.4 is 15.0 Å². The number of H-pyrrole nitrogens is 2. The van der Waals surface area contributed by atoms with Crippen molar-refractivity contribution in [3.8, 4) is 11.8 Å². The zero-order valence-corrected chi connectivity index (χ0v) is 21.8. The third-order valence-corrected chi connectivity index (χ3v) is 6.92. The molecular formula is C26H27ClN10O. The fourth-order valence-electron chi connectivity index (χ4n) is 4.71. The van der Waals surface area contributed by atoms with E-state index in [2.05, 4.69) is 40.5 Å². The van der Waals surface area contributed by atoms with Gasteiger partial charge in [0.15, 0.2) is 5.82 Å². The van der Waals surface area contributed by atoms with Crippen molar-refractivity contribution in [1.82, 2.24) is 39.9 Å². The number of fused-ring (bicyclic) bond motifs is 1.